The van der Waals surface area contributed by atoms with Crippen molar-refractivity contribution in [2.45, 2.75) is 44.3 Å². The summed E-state index contributed by atoms with van der Waals surface area (Å²) in [6, 6.07) is 20.0. The fourth-order valence-electron chi connectivity index (χ4n) is 5.38. The van der Waals surface area contributed by atoms with E-state index in [1.807, 2.05) is 6.33 Å². The van der Waals surface area contributed by atoms with Crippen molar-refractivity contribution >= 4 is 0 Å². The van der Waals surface area contributed by atoms with E-state index in [2.05, 4.69) is 89.2 Å². The van der Waals surface area contributed by atoms with Crippen LogP contribution in [0.5, 0.6) is 0 Å². The van der Waals surface area contributed by atoms with E-state index < -0.39 is 0 Å². The van der Waals surface area contributed by atoms with E-state index in [0.29, 0.717) is 0 Å². The Hall–Kier alpha value is -3.36. The highest BCUT2D eigenvalue weighted by atomic mass is 15.3. The maximum atomic E-state index is 4.68. The summed E-state index contributed by atoms with van der Waals surface area (Å²) in [7, 11) is 0. The van der Waals surface area contributed by atoms with E-state index in [1.54, 1.807) is 17.3 Å². The van der Waals surface area contributed by atoms with E-state index >= 15 is 0 Å². The van der Waals surface area contributed by atoms with Crippen LogP contribution >= 0.6 is 0 Å². The fourth-order valence-corrected chi connectivity index (χ4v) is 5.38. The Bertz CT molecular complexity index is 1200. The summed E-state index contributed by atoms with van der Waals surface area (Å²) in [5, 5.41) is 13.3. The molecule has 0 amide bonds. The van der Waals surface area contributed by atoms with Gasteiger partial charge in [-0.05, 0) is 49.1 Å². The minimum absolute atomic E-state index is 0.0485. The van der Waals surface area contributed by atoms with Gasteiger partial charge in [0.25, 0.3) is 0 Å². The summed E-state index contributed by atoms with van der Waals surface area (Å²) in [5.41, 5.74) is 3.48. The van der Waals surface area contributed by atoms with Gasteiger partial charge in [-0.25, -0.2) is 9.67 Å². The largest absolute Gasteiger partial charge is 0.311 e. The van der Waals surface area contributed by atoms with Gasteiger partial charge >= 0.3 is 0 Å². The van der Waals surface area contributed by atoms with Crippen LogP contribution in [0.1, 0.15) is 48.7 Å². The average Bonchev–Trinajstić information content (AvgIpc) is 3.50. The predicted octanol–water partition coefficient (Wildman–Crippen LogP) is 3.56. The third kappa shape index (κ3) is 4.76. The minimum atomic E-state index is 0.0485. The van der Waals surface area contributed by atoms with Gasteiger partial charge in [-0.1, -0.05) is 48.9 Å². The van der Waals surface area contributed by atoms with Crippen LogP contribution in [0.3, 0.4) is 0 Å². The molecule has 1 saturated heterocycles. The summed E-state index contributed by atoms with van der Waals surface area (Å²) in [5.74, 6) is 0.999. The smallest absolute Gasteiger partial charge is 0.155 e. The SMILES string of the molecule is c1ccc(Cn2cnnc2C(c2ccc(-n3cncn3)cc2)N2CCCN(C3CCC3)CC2)cc1. The Kier molecular flexibility index (Phi) is 6.38. The van der Waals surface area contributed by atoms with Crippen molar-refractivity contribution in [1.82, 2.24) is 39.3 Å². The van der Waals surface area contributed by atoms with Crippen LogP contribution in [0.4, 0.5) is 0 Å². The minimum Gasteiger partial charge on any atom is -0.311 e. The molecular weight excluding hydrogens is 436 g/mol. The molecule has 0 N–H and O–H groups in total. The quantitative estimate of drug-likeness (QED) is 0.413. The van der Waals surface area contributed by atoms with Crippen molar-refractivity contribution in [1.29, 1.82) is 0 Å². The van der Waals surface area contributed by atoms with Crippen LogP contribution in [0.25, 0.3) is 5.69 Å². The second-order valence-electron chi connectivity index (χ2n) is 9.65. The van der Waals surface area contributed by atoms with Gasteiger partial charge in [0, 0.05) is 25.7 Å². The van der Waals surface area contributed by atoms with Crippen LogP contribution in [0.15, 0.2) is 73.6 Å². The molecule has 180 valence electrons. The highest BCUT2D eigenvalue weighted by Gasteiger charge is 2.32. The summed E-state index contributed by atoms with van der Waals surface area (Å²) >= 11 is 0. The fraction of sp³-hybridized carbons (Fsp3) is 0.407. The first-order valence-electron chi connectivity index (χ1n) is 12.7. The second kappa shape index (κ2) is 10.1. The van der Waals surface area contributed by atoms with Gasteiger partial charge in [0.1, 0.15) is 19.0 Å². The van der Waals surface area contributed by atoms with Crippen molar-refractivity contribution < 1.29 is 0 Å². The molecule has 6 rings (SSSR count). The average molecular weight is 469 g/mol. The van der Waals surface area contributed by atoms with Crippen molar-refractivity contribution in [2.24, 2.45) is 0 Å². The van der Waals surface area contributed by atoms with Gasteiger partial charge < -0.3 is 4.57 Å². The van der Waals surface area contributed by atoms with Crippen LogP contribution in [0, 0.1) is 0 Å². The lowest BCUT2D eigenvalue weighted by molar-refractivity contribution is 0.127. The van der Waals surface area contributed by atoms with Gasteiger partial charge in [0.2, 0.25) is 0 Å². The summed E-state index contributed by atoms with van der Waals surface area (Å²) in [6.45, 7) is 5.15. The van der Waals surface area contributed by atoms with E-state index in [0.717, 1.165) is 43.7 Å². The van der Waals surface area contributed by atoms with Gasteiger partial charge in [0.15, 0.2) is 5.82 Å². The molecule has 2 aliphatic rings. The summed E-state index contributed by atoms with van der Waals surface area (Å²) in [6.07, 6.45) is 10.4. The van der Waals surface area contributed by atoms with Crippen molar-refractivity contribution in [3.63, 3.8) is 0 Å². The Balaban J connectivity index is 1.32. The molecule has 0 spiro atoms. The van der Waals surface area contributed by atoms with Crippen LogP contribution < -0.4 is 0 Å². The molecule has 35 heavy (non-hydrogen) atoms. The monoisotopic (exact) mass is 468 g/mol. The van der Waals surface area contributed by atoms with Gasteiger partial charge in [-0.2, -0.15) is 5.10 Å². The van der Waals surface area contributed by atoms with E-state index in [1.165, 1.54) is 43.4 Å². The molecule has 2 aromatic heterocycles. The molecule has 1 atom stereocenters. The molecule has 1 aliphatic carbocycles. The summed E-state index contributed by atoms with van der Waals surface area (Å²) < 4.78 is 4.00. The maximum Gasteiger partial charge on any atom is 0.155 e. The number of nitrogens with zero attached hydrogens (tertiary/aromatic N) is 8. The number of aromatic nitrogens is 6. The lowest BCUT2D eigenvalue weighted by Gasteiger charge is -2.37. The van der Waals surface area contributed by atoms with Crippen molar-refractivity contribution in [2.75, 3.05) is 26.2 Å². The first kappa shape index (κ1) is 22.1. The normalized spacial score (nSPS) is 18.7. The zero-order valence-electron chi connectivity index (χ0n) is 20.0. The second-order valence-corrected chi connectivity index (χ2v) is 9.65. The van der Waals surface area contributed by atoms with E-state index in [4.69, 9.17) is 0 Å². The maximum absolute atomic E-state index is 4.68. The highest BCUT2D eigenvalue weighted by Crippen LogP contribution is 2.31. The molecule has 4 aromatic rings. The zero-order valence-corrected chi connectivity index (χ0v) is 20.0. The Morgan fingerprint density at radius 3 is 2.46 bits per heavy atom. The Morgan fingerprint density at radius 2 is 1.71 bits per heavy atom. The molecule has 3 heterocycles. The molecule has 1 saturated carbocycles. The molecular formula is C27H32N8. The molecule has 2 fully saturated rings. The number of hydrogen-bond donors (Lipinski definition) is 0. The number of rotatable bonds is 7. The third-order valence-corrected chi connectivity index (χ3v) is 7.50. The molecule has 0 bridgehead atoms. The molecule has 2 aromatic carbocycles. The van der Waals surface area contributed by atoms with Gasteiger partial charge in [-0.15, -0.1) is 10.2 Å². The van der Waals surface area contributed by atoms with Gasteiger partial charge in [0.05, 0.1) is 18.3 Å². The van der Waals surface area contributed by atoms with Crippen LogP contribution in [-0.2, 0) is 6.54 Å². The van der Waals surface area contributed by atoms with Crippen LogP contribution in [0.2, 0.25) is 0 Å². The molecule has 0 radical (unpaired) electrons. The van der Waals surface area contributed by atoms with Gasteiger partial charge in [-0.3, -0.25) is 9.80 Å². The molecule has 8 nitrogen and oxygen atoms in total. The molecule has 1 aliphatic heterocycles. The first-order valence-corrected chi connectivity index (χ1v) is 12.7. The number of benzene rings is 2. The lowest BCUT2D eigenvalue weighted by atomic mass is 9.91. The highest BCUT2D eigenvalue weighted by molar-refractivity contribution is 5.36. The first-order chi connectivity index (χ1) is 17.3. The number of hydrogen-bond acceptors (Lipinski definition) is 6. The van der Waals surface area contributed by atoms with Crippen LogP contribution in [-0.4, -0.2) is 71.5 Å². The Morgan fingerprint density at radius 1 is 0.857 bits per heavy atom. The standard InChI is InChI=1S/C27H32N8/c1-2-6-22(7-3-1)18-34-21-29-31-27(34)26(23-10-12-25(13-11-23)35-20-28-19-30-35)33-15-5-14-32(16-17-33)24-8-4-9-24/h1-3,6-7,10-13,19-21,24,26H,4-5,8-9,14-18H2. The Labute approximate surface area is 206 Å². The zero-order chi connectivity index (χ0) is 23.5. The van der Waals surface area contributed by atoms with E-state index in [9.17, 15) is 0 Å². The topological polar surface area (TPSA) is 67.9 Å². The predicted molar refractivity (Wildman–Crippen MR) is 134 cm³/mol. The molecule has 1 unspecified atom stereocenters. The van der Waals surface area contributed by atoms with Crippen molar-refractivity contribution in [3.8, 4) is 5.69 Å². The molecule has 8 heteroatoms. The summed E-state index contributed by atoms with van der Waals surface area (Å²) in [4.78, 5) is 9.40. The van der Waals surface area contributed by atoms with Crippen molar-refractivity contribution in [3.05, 3.63) is 90.5 Å². The lowest BCUT2D eigenvalue weighted by Crippen LogP contribution is -2.42. The third-order valence-electron chi connectivity index (χ3n) is 7.50. The van der Waals surface area contributed by atoms with E-state index in [-0.39, 0.29) is 6.04 Å².